The normalized spacial score (nSPS) is 10.6. The van der Waals surface area contributed by atoms with Crippen LogP contribution in [-0.4, -0.2) is 16.6 Å². The Kier molecular flexibility index (Phi) is 3.17. The average molecular weight is 263 g/mol. The Balaban J connectivity index is 1.96. The summed E-state index contributed by atoms with van der Waals surface area (Å²) in [6.07, 6.45) is 2.68. The maximum Gasteiger partial charge on any atom is 0.182 e. The minimum atomic E-state index is 0.0552. The van der Waals surface area contributed by atoms with Gasteiger partial charge in [-0.1, -0.05) is 42.5 Å². The lowest BCUT2D eigenvalue weighted by molar-refractivity contribution is 0.0973. The molecule has 0 N–H and O–H groups in total. The van der Waals surface area contributed by atoms with Gasteiger partial charge in [0.15, 0.2) is 12.1 Å². The predicted molar refractivity (Wildman–Crippen MR) is 78.1 cm³/mol. The van der Waals surface area contributed by atoms with E-state index in [2.05, 4.69) is 0 Å². The topological polar surface area (TPSA) is 39.1 Å². The first-order chi connectivity index (χ1) is 9.79. The molecule has 98 valence electrons. The second kappa shape index (κ2) is 5.13. The van der Waals surface area contributed by atoms with Crippen LogP contribution in [0.5, 0.6) is 0 Å². The number of aromatic nitrogens is 1. The lowest BCUT2D eigenvalue weighted by Gasteiger charge is -2.05. The van der Waals surface area contributed by atoms with Gasteiger partial charge in [-0.05, 0) is 12.1 Å². The van der Waals surface area contributed by atoms with Gasteiger partial charge >= 0.3 is 0 Å². The molecular formula is C17H13NO2. The van der Waals surface area contributed by atoms with E-state index in [1.807, 2.05) is 59.3 Å². The van der Waals surface area contributed by atoms with Gasteiger partial charge in [0.05, 0.1) is 6.54 Å². The van der Waals surface area contributed by atoms with E-state index in [1.54, 1.807) is 6.07 Å². The summed E-state index contributed by atoms with van der Waals surface area (Å²) in [7, 11) is 0. The summed E-state index contributed by atoms with van der Waals surface area (Å²) in [5.41, 5.74) is 2.24. The number of benzene rings is 2. The molecule has 0 radical (unpaired) electrons. The highest BCUT2D eigenvalue weighted by molar-refractivity contribution is 5.99. The third-order valence-corrected chi connectivity index (χ3v) is 3.38. The Morgan fingerprint density at radius 1 is 1.00 bits per heavy atom. The average Bonchev–Trinajstić information content (AvgIpc) is 2.91. The van der Waals surface area contributed by atoms with Crippen LogP contribution < -0.4 is 0 Å². The lowest BCUT2D eigenvalue weighted by Crippen LogP contribution is -2.09. The van der Waals surface area contributed by atoms with Crippen molar-refractivity contribution in [1.29, 1.82) is 0 Å². The van der Waals surface area contributed by atoms with E-state index in [0.717, 1.165) is 17.2 Å². The molecule has 0 saturated heterocycles. The first kappa shape index (κ1) is 12.4. The molecule has 3 nitrogen and oxygen atoms in total. The van der Waals surface area contributed by atoms with Crippen LogP contribution in [0.15, 0.2) is 60.8 Å². The Bertz CT molecular complexity index is 772. The van der Waals surface area contributed by atoms with E-state index < -0.39 is 0 Å². The molecule has 3 aromatic rings. The quantitative estimate of drug-likeness (QED) is 0.535. The van der Waals surface area contributed by atoms with E-state index in [0.29, 0.717) is 11.1 Å². The van der Waals surface area contributed by atoms with Crippen molar-refractivity contribution in [2.45, 2.75) is 6.54 Å². The summed E-state index contributed by atoms with van der Waals surface area (Å²) < 4.78 is 1.87. The number of nitrogens with zero attached hydrogens (tertiary/aromatic N) is 1. The molecule has 0 saturated carbocycles. The fourth-order valence-electron chi connectivity index (χ4n) is 2.36. The van der Waals surface area contributed by atoms with Crippen LogP contribution in [0, 0.1) is 0 Å². The first-order valence-electron chi connectivity index (χ1n) is 6.41. The van der Waals surface area contributed by atoms with E-state index in [-0.39, 0.29) is 12.3 Å². The maximum absolute atomic E-state index is 12.2. The second-order valence-electron chi connectivity index (χ2n) is 4.63. The highest BCUT2D eigenvalue weighted by atomic mass is 16.1. The van der Waals surface area contributed by atoms with Crippen LogP contribution in [0.1, 0.15) is 20.7 Å². The summed E-state index contributed by atoms with van der Waals surface area (Å²) in [4.78, 5) is 23.2. The standard InChI is InChI=1S/C17H13NO2/c19-12-14-7-4-8-16-15(14)9-10-18(16)11-17(20)13-5-2-1-3-6-13/h1-10,12H,11H2. The van der Waals surface area contributed by atoms with Crippen molar-refractivity contribution in [2.24, 2.45) is 0 Å². The number of fused-ring (bicyclic) bond motifs is 1. The third kappa shape index (κ3) is 2.14. The van der Waals surface area contributed by atoms with Gasteiger partial charge < -0.3 is 4.57 Å². The SMILES string of the molecule is O=Cc1cccc2c1ccn2CC(=O)c1ccccc1. The lowest BCUT2D eigenvalue weighted by atomic mass is 10.1. The van der Waals surface area contributed by atoms with Gasteiger partial charge in [-0.2, -0.15) is 0 Å². The van der Waals surface area contributed by atoms with Crippen LogP contribution in [0.4, 0.5) is 0 Å². The molecular weight excluding hydrogens is 250 g/mol. The molecule has 3 rings (SSSR count). The van der Waals surface area contributed by atoms with E-state index in [4.69, 9.17) is 0 Å². The summed E-state index contributed by atoms with van der Waals surface area (Å²) in [6.45, 7) is 0.274. The van der Waals surface area contributed by atoms with Gasteiger partial charge in [0.25, 0.3) is 0 Å². The van der Waals surface area contributed by atoms with Crippen molar-refractivity contribution < 1.29 is 9.59 Å². The summed E-state index contributed by atoms with van der Waals surface area (Å²) in [6, 6.07) is 16.6. The molecule has 20 heavy (non-hydrogen) atoms. The monoisotopic (exact) mass is 263 g/mol. The van der Waals surface area contributed by atoms with Gasteiger partial charge in [0.1, 0.15) is 0 Å². The molecule has 0 unspecified atom stereocenters. The molecule has 3 heteroatoms. The molecule has 1 heterocycles. The molecule has 0 aliphatic carbocycles. The first-order valence-corrected chi connectivity index (χ1v) is 6.41. The molecule has 1 aromatic heterocycles. The molecule has 0 fully saturated rings. The summed E-state index contributed by atoms with van der Waals surface area (Å²) in [5, 5.41) is 0.878. The van der Waals surface area contributed by atoms with E-state index in [1.165, 1.54) is 0 Å². The number of hydrogen-bond acceptors (Lipinski definition) is 2. The Hall–Kier alpha value is -2.68. The molecule has 0 bridgehead atoms. The van der Waals surface area contributed by atoms with Crippen molar-refractivity contribution >= 4 is 23.0 Å². The van der Waals surface area contributed by atoms with Crippen LogP contribution in [0.3, 0.4) is 0 Å². The maximum atomic E-state index is 12.2. The number of Topliss-reactive ketones (excluding diaryl/α,β-unsaturated/α-hetero) is 1. The third-order valence-electron chi connectivity index (χ3n) is 3.38. The van der Waals surface area contributed by atoms with Crippen LogP contribution in [-0.2, 0) is 6.54 Å². The minimum Gasteiger partial charge on any atom is -0.340 e. The summed E-state index contributed by atoms with van der Waals surface area (Å²) >= 11 is 0. The highest BCUT2D eigenvalue weighted by Gasteiger charge is 2.09. The molecule has 2 aromatic carbocycles. The zero-order valence-electron chi connectivity index (χ0n) is 10.8. The van der Waals surface area contributed by atoms with Crippen molar-refractivity contribution in [1.82, 2.24) is 4.57 Å². The molecule has 0 amide bonds. The summed E-state index contributed by atoms with van der Waals surface area (Å²) in [5.74, 6) is 0.0552. The predicted octanol–water partition coefficient (Wildman–Crippen LogP) is 3.34. The minimum absolute atomic E-state index is 0.0552. The van der Waals surface area contributed by atoms with E-state index >= 15 is 0 Å². The molecule has 0 atom stereocenters. The molecule has 0 aliphatic rings. The highest BCUT2D eigenvalue weighted by Crippen LogP contribution is 2.19. The van der Waals surface area contributed by atoms with Crippen molar-refractivity contribution in [3.05, 3.63) is 71.9 Å². The van der Waals surface area contributed by atoms with Gasteiger partial charge in [-0.25, -0.2) is 0 Å². The van der Waals surface area contributed by atoms with Crippen molar-refractivity contribution in [2.75, 3.05) is 0 Å². The van der Waals surface area contributed by atoms with Crippen LogP contribution in [0.25, 0.3) is 10.9 Å². The smallest absolute Gasteiger partial charge is 0.182 e. The fraction of sp³-hybridized carbons (Fsp3) is 0.0588. The zero-order chi connectivity index (χ0) is 13.9. The number of ketones is 1. The van der Waals surface area contributed by atoms with Crippen molar-refractivity contribution in [3.8, 4) is 0 Å². The number of aldehydes is 1. The van der Waals surface area contributed by atoms with Gasteiger partial charge in [-0.15, -0.1) is 0 Å². The van der Waals surface area contributed by atoms with Gasteiger partial charge in [-0.3, -0.25) is 9.59 Å². The Morgan fingerprint density at radius 2 is 1.80 bits per heavy atom. The second-order valence-corrected chi connectivity index (χ2v) is 4.63. The van der Waals surface area contributed by atoms with Crippen LogP contribution >= 0.6 is 0 Å². The van der Waals surface area contributed by atoms with Crippen LogP contribution in [0.2, 0.25) is 0 Å². The number of hydrogen-bond donors (Lipinski definition) is 0. The van der Waals surface area contributed by atoms with Crippen molar-refractivity contribution in [3.63, 3.8) is 0 Å². The van der Waals surface area contributed by atoms with E-state index in [9.17, 15) is 9.59 Å². The largest absolute Gasteiger partial charge is 0.340 e. The fourth-order valence-corrected chi connectivity index (χ4v) is 2.36. The molecule has 0 spiro atoms. The van der Waals surface area contributed by atoms with Gasteiger partial charge in [0, 0.05) is 28.2 Å². The number of carbonyl (C=O) groups excluding carboxylic acids is 2. The zero-order valence-corrected chi connectivity index (χ0v) is 10.8. The number of carbonyl (C=O) groups is 2. The van der Waals surface area contributed by atoms with Gasteiger partial charge in [0.2, 0.25) is 0 Å². The molecule has 0 aliphatic heterocycles. The number of rotatable bonds is 4. The Morgan fingerprint density at radius 3 is 2.55 bits per heavy atom. The Labute approximate surface area is 116 Å².